The normalized spacial score (nSPS) is 10.7. The van der Waals surface area contributed by atoms with Gasteiger partial charge in [0.15, 0.2) is 0 Å². The fraction of sp³-hybridized carbons (Fsp3) is 0.125. The van der Waals surface area contributed by atoms with E-state index in [1.165, 1.54) is 0 Å². The third kappa shape index (κ3) is 2.58. The van der Waals surface area contributed by atoms with Crippen molar-refractivity contribution in [2.24, 2.45) is 0 Å². The van der Waals surface area contributed by atoms with Gasteiger partial charge in [-0.05, 0) is 23.8 Å². The molecule has 0 saturated carbocycles. The van der Waals surface area contributed by atoms with Crippen molar-refractivity contribution in [2.45, 2.75) is 6.42 Å². The second-order valence-corrected chi connectivity index (χ2v) is 4.90. The maximum Gasteiger partial charge on any atom is 0.217 e. The fourth-order valence-corrected chi connectivity index (χ4v) is 2.29. The van der Waals surface area contributed by atoms with Gasteiger partial charge in [-0.2, -0.15) is 0 Å². The highest BCUT2D eigenvalue weighted by atomic mass is 35.5. The van der Waals surface area contributed by atoms with Gasteiger partial charge in [0.1, 0.15) is 5.15 Å². The number of halogens is 1. The van der Waals surface area contributed by atoms with E-state index >= 15 is 0 Å². The van der Waals surface area contributed by atoms with E-state index in [1.54, 1.807) is 19.4 Å². The smallest absolute Gasteiger partial charge is 0.217 e. The first-order valence-corrected chi connectivity index (χ1v) is 6.67. The van der Waals surface area contributed by atoms with Gasteiger partial charge < -0.3 is 4.74 Å². The third-order valence-corrected chi connectivity index (χ3v) is 3.36. The molecule has 0 bridgehead atoms. The molecule has 4 heteroatoms. The summed E-state index contributed by atoms with van der Waals surface area (Å²) >= 11 is 5.80. The summed E-state index contributed by atoms with van der Waals surface area (Å²) in [4.78, 5) is 8.64. The molecule has 0 N–H and O–H groups in total. The number of aromatic nitrogens is 2. The number of pyridine rings is 2. The Morgan fingerprint density at radius 1 is 1.15 bits per heavy atom. The molecule has 0 atom stereocenters. The van der Waals surface area contributed by atoms with Crippen LogP contribution in [0, 0.1) is 0 Å². The van der Waals surface area contributed by atoms with Gasteiger partial charge >= 0.3 is 0 Å². The molecule has 0 amide bonds. The molecule has 1 aromatic carbocycles. The Kier molecular flexibility index (Phi) is 3.52. The number of para-hydroxylation sites is 1. The van der Waals surface area contributed by atoms with Crippen molar-refractivity contribution in [3.63, 3.8) is 0 Å². The number of fused-ring (bicyclic) bond motifs is 1. The summed E-state index contributed by atoms with van der Waals surface area (Å²) in [6.45, 7) is 0. The molecule has 0 fully saturated rings. The number of rotatable bonds is 3. The number of ether oxygens (including phenoxy) is 1. The predicted molar refractivity (Wildman–Crippen MR) is 80.3 cm³/mol. The minimum atomic E-state index is 0.498. The summed E-state index contributed by atoms with van der Waals surface area (Å²) in [5, 5.41) is 1.60. The summed E-state index contributed by atoms with van der Waals surface area (Å²) in [5.74, 6) is 0.652. The number of methoxy groups -OCH3 is 1. The van der Waals surface area contributed by atoms with Crippen molar-refractivity contribution in [3.8, 4) is 5.88 Å². The van der Waals surface area contributed by atoms with E-state index in [4.69, 9.17) is 16.3 Å². The minimum absolute atomic E-state index is 0.498. The van der Waals surface area contributed by atoms with Gasteiger partial charge in [-0.1, -0.05) is 35.9 Å². The zero-order chi connectivity index (χ0) is 13.9. The van der Waals surface area contributed by atoms with Crippen LogP contribution >= 0.6 is 11.6 Å². The van der Waals surface area contributed by atoms with Gasteiger partial charge in [0, 0.05) is 23.6 Å². The molecule has 0 saturated heterocycles. The maximum absolute atomic E-state index is 5.80. The van der Waals surface area contributed by atoms with Gasteiger partial charge in [0.05, 0.1) is 12.6 Å². The first kappa shape index (κ1) is 12.9. The summed E-state index contributed by atoms with van der Waals surface area (Å²) in [7, 11) is 1.64. The van der Waals surface area contributed by atoms with E-state index in [0.29, 0.717) is 17.5 Å². The molecule has 0 aliphatic rings. The van der Waals surface area contributed by atoms with Crippen molar-refractivity contribution in [3.05, 3.63) is 64.9 Å². The molecule has 3 rings (SSSR count). The Labute approximate surface area is 122 Å². The van der Waals surface area contributed by atoms with E-state index in [9.17, 15) is 0 Å². The lowest BCUT2D eigenvalue weighted by atomic mass is 10.1. The van der Waals surface area contributed by atoms with Crippen LogP contribution in [-0.2, 0) is 6.42 Å². The number of nitrogens with zero attached hydrogens (tertiary/aromatic N) is 2. The average molecular weight is 285 g/mol. The van der Waals surface area contributed by atoms with Gasteiger partial charge in [0.2, 0.25) is 5.88 Å². The van der Waals surface area contributed by atoms with E-state index < -0.39 is 0 Å². The maximum atomic E-state index is 5.80. The van der Waals surface area contributed by atoms with Crippen LogP contribution in [-0.4, -0.2) is 17.1 Å². The molecule has 20 heavy (non-hydrogen) atoms. The average Bonchev–Trinajstić information content (AvgIpc) is 2.49. The van der Waals surface area contributed by atoms with Gasteiger partial charge in [-0.3, -0.25) is 0 Å². The van der Waals surface area contributed by atoms with Gasteiger partial charge in [0.25, 0.3) is 0 Å². The Hall–Kier alpha value is -2.13. The van der Waals surface area contributed by atoms with Gasteiger partial charge in [-0.25, -0.2) is 9.97 Å². The van der Waals surface area contributed by atoms with Crippen LogP contribution in [0.2, 0.25) is 5.15 Å². The Morgan fingerprint density at radius 2 is 2.00 bits per heavy atom. The molecular weight excluding hydrogens is 272 g/mol. The summed E-state index contributed by atoms with van der Waals surface area (Å²) < 4.78 is 5.39. The first-order valence-electron chi connectivity index (χ1n) is 6.29. The Balaban J connectivity index is 2.03. The van der Waals surface area contributed by atoms with E-state index in [-0.39, 0.29) is 0 Å². The number of hydrogen-bond donors (Lipinski definition) is 0. The minimum Gasteiger partial charge on any atom is -0.481 e. The summed E-state index contributed by atoms with van der Waals surface area (Å²) in [5.41, 5.74) is 3.04. The molecular formula is C16H13ClN2O. The second kappa shape index (κ2) is 5.47. The molecule has 3 aromatic rings. The zero-order valence-electron chi connectivity index (χ0n) is 11.0. The zero-order valence-corrected chi connectivity index (χ0v) is 11.8. The SMILES string of the molecule is COc1nc2ccccc2cc1Cc1ccc(Cl)nc1. The highest BCUT2D eigenvalue weighted by Crippen LogP contribution is 2.24. The Bertz CT molecular complexity index is 741. The van der Waals surface area contributed by atoms with Crippen LogP contribution < -0.4 is 4.74 Å². The number of benzene rings is 1. The van der Waals surface area contributed by atoms with E-state index in [0.717, 1.165) is 22.0 Å². The summed E-state index contributed by atoms with van der Waals surface area (Å²) in [6, 6.07) is 13.9. The monoisotopic (exact) mass is 284 g/mol. The van der Waals surface area contributed by atoms with Crippen LogP contribution in [0.3, 0.4) is 0 Å². The summed E-state index contributed by atoms with van der Waals surface area (Å²) in [6.07, 6.45) is 2.49. The highest BCUT2D eigenvalue weighted by molar-refractivity contribution is 6.29. The molecule has 100 valence electrons. The van der Waals surface area contributed by atoms with Crippen molar-refractivity contribution in [2.75, 3.05) is 7.11 Å². The first-order chi connectivity index (χ1) is 9.76. The lowest BCUT2D eigenvalue weighted by molar-refractivity contribution is 0.395. The van der Waals surface area contributed by atoms with Crippen molar-refractivity contribution < 1.29 is 4.74 Å². The quantitative estimate of drug-likeness (QED) is 0.685. The molecule has 2 heterocycles. The Morgan fingerprint density at radius 3 is 2.75 bits per heavy atom. The third-order valence-electron chi connectivity index (χ3n) is 3.14. The lowest BCUT2D eigenvalue weighted by Crippen LogP contribution is -1.97. The topological polar surface area (TPSA) is 35.0 Å². The van der Waals surface area contributed by atoms with Crippen molar-refractivity contribution in [1.29, 1.82) is 0 Å². The van der Waals surface area contributed by atoms with Gasteiger partial charge in [-0.15, -0.1) is 0 Å². The van der Waals surface area contributed by atoms with E-state index in [1.807, 2.05) is 30.3 Å². The second-order valence-electron chi connectivity index (χ2n) is 4.52. The highest BCUT2D eigenvalue weighted by Gasteiger charge is 2.08. The molecule has 0 unspecified atom stereocenters. The molecule has 0 spiro atoms. The molecule has 2 aromatic heterocycles. The molecule has 0 aliphatic carbocycles. The van der Waals surface area contributed by atoms with Crippen molar-refractivity contribution in [1.82, 2.24) is 9.97 Å². The fourth-order valence-electron chi connectivity index (χ4n) is 2.18. The molecule has 0 aliphatic heterocycles. The largest absolute Gasteiger partial charge is 0.481 e. The van der Waals surface area contributed by atoms with Crippen LogP contribution in [0.15, 0.2) is 48.7 Å². The molecule has 0 radical (unpaired) electrons. The number of hydrogen-bond acceptors (Lipinski definition) is 3. The van der Waals surface area contributed by atoms with E-state index in [2.05, 4.69) is 16.0 Å². The van der Waals surface area contributed by atoms with Crippen molar-refractivity contribution >= 4 is 22.5 Å². The van der Waals surface area contributed by atoms with Crippen LogP contribution in [0.4, 0.5) is 0 Å². The molecule has 3 nitrogen and oxygen atoms in total. The predicted octanol–water partition coefficient (Wildman–Crippen LogP) is 3.88. The van der Waals surface area contributed by atoms with Crippen LogP contribution in [0.25, 0.3) is 10.9 Å². The van der Waals surface area contributed by atoms with Crippen LogP contribution in [0.1, 0.15) is 11.1 Å². The van der Waals surface area contributed by atoms with Crippen LogP contribution in [0.5, 0.6) is 5.88 Å². The lowest BCUT2D eigenvalue weighted by Gasteiger charge is -2.09. The standard InChI is InChI=1S/C16H13ClN2O/c1-20-16-13(8-11-6-7-15(17)18-10-11)9-12-4-2-3-5-14(12)19-16/h2-7,9-10H,8H2,1H3.